The minimum atomic E-state index is -4.27. The van der Waals surface area contributed by atoms with E-state index in [1.807, 2.05) is 0 Å². The lowest BCUT2D eigenvalue weighted by Gasteiger charge is -2.07. The molecule has 2 rings (SSSR count). The first-order chi connectivity index (χ1) is 7.06. The molecule has 0 aliphatic carbocycles. The van der Waals surface area contributed by atoms with Crippen molar-refractivity contribution in [2.45, 2.75) is 10.4 Å². The van der Waals surface area contributed by atoms with Gasteiger partial charge in [0.05, 0.1) is 5.52 Å². The van der Waals surface area contributed by atoms with E-state index in [0.29, 0.717) is 10.9 Å². The van der Waals surface area contributed by atoms with Gasteiger partial charge in [0.15, 0.2) is 0 Å². The van der Waals surface area contributed by atoms with Crippen LogP contribution in [0.3, 0.4) is 0 Å². The Morgan fingerprint density at radius 3 is 2.53 bits per heavy atom. The van der Waals surface area contributed by atoms with E-state index in [1.54, 1.807) is 24.3 Å². The highest BCUT2D eigenvalue weighted by molar-refractivity contribution is 8.00. The summed E-state index contributed by atoms with van der Waals surface area (Å²) < 4.78 is 36.6. The number of thioether (sulfide) groups is 1. The van der Waals surface area contributed by atoms with Gasteiger partial charge in [-0.15, -0.1) is 0 Å². The lowest BCUT2D eigenvalue weighted by Crippen LogP contribution is -1.99. The Morgan fingerprint density at radius 2 is 1.80 bits per heavy atom. The predicted molar refractivity (Wildman–Crippen MR) is 53.7 cm³/mol. The molecule has 1 aromatic heterocycles. The zero-order valence-electron chi connectivity index (χ0n) is 7.45. The number of hydrogen-bond donors (Lipinski definition) is 0. The summed E-state index contributed by atoms with van der Waals surface area (Å²) >= 11 is -0.132. The number of fused-ring (bicyclic) bond motifs is 1. The van der Waals surface area contributed by atoms with Crippen LogP contribution in [0.4, 0.5) is 13.2 Å². The normalized spacial score (nSPS) is 11.9. The first-order valence-corrected chi connectivity index (χ1v) is 4.97. The van der Waals surface area contributed by atoms with Crippen molar-refractivity contribution in [3.8, 4) is 0 Å². The highest BCUT2D eigenvalue weighted by Gasteiger charge is 2.30. The molecular weight excluding hydrogens is 223 g/mol. The molecule has 0 bridgehead atoms. The summed E-state index contributed by atoms with van der Waals surface area (Å²) in [6.07, 6.45) is 1.49. The Balaban J connectivity index is 2.52. The lowest BCUT2D eigenvalue weighted by molar-refractivity contribution is -0.0327. The number of pyridine rings is 1. The van der Waals surface area contributed by atoms with E-state index in [0.717, 1.165) is 0 Å². The van der Waals surface area contributed by atoms with Crippen molar-refractivity contribution in [1.82, 2.24) is 4.98 Å². The molecule has 1 heterocycles. The van der Waals surface area contributed by atoms with Gasteiger partial charge in [0.25, 0.3) is 0 Å². The Kier molecular flexibility index (Phi) is 2.56. The van der Waals surface area contributed by atoms with E-state index in [1.165, 1.54) is 12.3 Å². The van der Waals surface area contributed by atoms with Gasteiger partial charge >= 0.3 is 5.51 Å². The quantitative estimate of drug-likeness (QED) is 0.689. The van der Waals surface area contributed by atoms with Gasteiger partial charge in [-0.1, -0.05) is 18.2 Å². The standard InChI is InChI=1S/C10H6F3NS/c11-10(12,13)15-8-5-1-3-7-4-2-6-14-9(7)8/h1-6H. The van der Waals surface area contributed by atoms with E-state index in [4.69, 9.17) is 0 Å². The second kappa shape index (κ2) is 3.73. The van der Waals surface area contributed by atoms with Gasteiger partial charge in [-0.2, -0.15) is 13.2 Å². The molecule has 0 amide bonds. The summed E-state index contributed by atoms with van der Waals surface area (Å²) in [4.78, 5) is 4.08. The van der Waals surface area contributed by atoms with E-state index >= 15 is 0 Å². The summed E-state index contributed by atoms with van der Waals surface area (Å²) in [6.45, 7) is 0. The number of aromatic nitrogens is 1. The highest BCUT2D eigenvalue weighted by atomic mass is 32.2. The van der Waals surface area contributed by atoms with Crippen molar-refractivity contribution in [1.29, 1.82) is 0 Å². The average molecular weight is 229 g/mol. The van der Waals surface area contributed by atoms with Crippen LogP contribution >= 0.6 is 11.8 Å². The summed E-state index contributed by atoms with van der Waals surface area (Å²) in [6, 6.07) is 8.20. The van der Waals surface area contributed by atoms with Crippen LogP contribution in [-0.2, 0) is 0 Å². The smallest absolute Gasteiger partial charge is 0.255 e. The Labute approximate surface area is 88.3 Å². The maximum atomic E-state index is 12.2. The first kappa shape index (κ1) is 10.3. The highest BCUT2D eigenvalue weighted by Crippen LogP contribution is 2.39. The van der Waals surface area contributed by atoms with Crippen LogP contribution in [0.15, 0.2) is 41.4 Å². The van der Waals surface area contributed by atoms with Gasteiger partial charge < -0.3 is 0 Å². The number of benzene rings is 1. The maximum absolute atomic E-state index is 12.2. The van der Waals surface area contributed by atoms with Crippen LogP contribution in [-0.4, -0.2) is 10.5 Å². The first-order valence-electron chi connectivity index (χ1n) is 4.16. The third-order valence-corrected chi connectivity index (χ3v) is 2.60. The van der Waals surface area contributed by atoms with Crippen molar-refractivity contribution >= 4 is 22.7 Å². The maximum Gasteiger partial charge on any atom is 0.446 e. The van der Waals surface area contributed by atoms with Gasteiger partial charge in [0, 0.05) is 16.5 Å². The molecule has 0 radical (unpaired) electrons. The topological polar surface area (TPSA) is 12.9 Å². The molecule has 0 unspecified atom stereocenters. The molecule has 0 N–H and O–H groups in total. The fourth-order valence-corrected chi connectivity index (χ4v) is 1.95. The number of hydrogen-bond acceptors (Lipinski definition) is 2. The molecule has 5 heteroatoms. The minimum absolute atomic E-state index is 0.132. The minimum Gasteiger partial charge on any atom is -0.255 e. The molecule has 2 aromatic rings. The lowest BCUT2D eigenvalue weighted by atomic mass is 10.2. The van der Waals surface area contributed by atoms with Gasteiger partial charge in [0.1, 0.15) is 0 Å². The van der Waals surface area contributed by atoms with Crippen LogP contribution < -0.4 is 0 Å². The Hall–Kier alpha value is -1.23. The average Bonchev–Trinajstić information content (AvgIpc) is 2.16. The van der Waals surface area contributed by atoms with Gasteiger partial charge in [-0.3, -0.25) is 4.98 Å². The summed E-state index contributed by atoms with van der Waals surface area (Å²) in [5.74, 6) is 0. The van der Waals surface area contributed by atoms with Crippen molar-refractivity contribution in [3.63, 3.8) is 0 Å². The van der Waals surface area contributed by atoms with E-state index in [9.17, 15) is 13.2 Å². The molecule has 0 saturated carbocycles. The fraction of sp³-hybridized carbons (Fsp3) is 0.100. The molecule has 0 aliphatic rings. The van der Waals surface area contributed by atoms with E-state index in [-0.39, 0.29) is 16.7 Å². The molecule has 0 spiro atoms. The molecule has 78 valence electrons. The second-order valence-electron chi connectivity index (χ2n) is 2.88. The molecule has 0 saturated heterocycles. The predicted octanol–water partition coefficient (Wildman–Crippen LogP) is 3.85. The Bertz CT molecular complexity index is 476. The molecule has 0 fully saturated rings. The third-order valence-electron chi connectivity index (χ3n) is 1.82. The molecule has 1 nitrogen and oxygen atoms in total. The molecule has 1 aromatic carbocycles. The molecule has 0 atom stereocenters. The monoisotopic (exact) mass is 229 g/mol. The number of para-hydroxylation sites is 1. The van der Waals surface area contributed by atoms with Crippen molar-refractivity contribution in [2.75, 3.05) is 0 Å². The SMILES string of the molecule is FC(F)(F)Sc1cccc2cccnc12. The van der Waals surface area contributed by atoms with Gasteiger partial charge in [-0.25, -0.2) is 0 Å². The number of nitrogens with zero attached hydrogens (tertiary/aromatic N) is 1. The molecule has 15 heavy (non-hydrogen) atoms. The van der Waals surface area contributed by atoms with Crippen LogP contribution in [0.5, 0.6) is 0 Å². The van der Waals surface area contributed by atoms with Gasteiger partial charge in [-0.05, 0) is 23.9 Å². The molecular formula is C10H6F3NS. The van der Waals surface area contributed by atoms with Crippen LogP contribution in [0, 0.1) is 0 Å². The molecule has 0 aliphatic heterocycles. The summed E-state index contributed by atoms with van der Waals surface area (Å²) in [5, 5.41) is 0.715. The number of alkyl halides is 3. The Morgan fingerprint density at radius 1 is 1.07 bits per heavy atom. The zero-order valence-corrected chi connectivity index (χ0v) is 8.27. The number of halogens is 3. The van der Waals surface area contributed by atoms with E-state index in [2.05, 4.69) is 4.98 Å². The van der Waals surface area contributed by atoms with Gasteiger partial charge in [0.2, 0.25) is 0 Å². The fourth-order valence-electron chi connectivity index (χ4n) is 1.28. The summed E-state index contributed by atoms with van der Waals surface area (Å²) in [5.41, 5.74) is -3.88. The van der Waals surface area contributed by atoms with Crippen molar-refractivity contribution in [2.24, 2.45) is 0 Å². The number of rotatable bonds is 1. The second-order valence-corrected chi connectivity index (χ2v) is 3.99. The third kappa shape index (κ3) is 2.41. The largest absolute Gasteiger partial charge is 0.446 e. The van der Waals surface area contributed by atoms with E-state index < -0.39 is 5.51 Å². The van der Waals surface area contributed by atoms with Crippen molar-refractivity contribution < 1.29 is 13.2 Å². The zero-order chi connectivity index (χ0) is 10.9. The van der Waals surface area contributed by atoms with Crippen LogP contribution in [0.1, 0.15) is 0 Å². The van der Waals surface area contributed by atoms with Crippen molar-refractivity contribution in [3.05, 3.63) is 36.5 Å². The summed E-state index contributed by atoms with van der Waals surface area (Å²) in [7, 11) is 0. The van der Waals surface area contributed by atoms with Crippen LogP contribution in [0.2, 0.25) is 0 Å². The van der Waals surface area contributed by atoms with Crippen LogP contribution in [0.25, 0.3) is 10.9 Å².